The standard InChI is InChI=1S/C22H28N2O3/c1-17-7-3-4-9-19(17)11-13-24-12-5-8-18(16-24)15-23(2)22(26)21(25)20-10-6-14-27-20/h3-4,6-7,9-10,14,18H,5,8,11-13,15-16H2,1-2H3/t18-/m0/s1. The van der Waals surface area contributed by atoms with Crippen molar-refractivity contribution in [3.8, 4) is 0 Å². The molecule has 0 bridgehead atoms. The van der Waals surface area contributed by atoms with Crippen molar-refractivity contribution >= 4 is 11.7 Å². The maximum atomic E-state index is 12.3. The van der Waals surface area contributed by atoms with Crippen LogP contribution in [-0.4, -0.2) is 54.7 Å². The van der Waals surface area contributed by atoms with Gasteiger partial charge < -0.3 is 14.2 Å². The second kappa shape index (κ2) is 9.00. The molecule has 1 amide bonds. The number of ketones is 1. The number of furan rings is 1. The lowest BCUT2D eigenvalue weighted by Gasteiger charge is -2.34. The molecule has 0 radical (unpaired) electrons. The van der Waals surface area contributed by atoms with Crippen molar-refractivity contribution in [3.05, 3.63) is 59.5 Å². The molecule has 2 heterocycles. The molecule has 27 heavy (non-hydrogen) atoms. The normalized spacial score (nSPS) is 17.6. The van der Waals surface area contributed by atoms with Gasteiger partial charge >= 0.3 is 0 Å². The summed E-state index contributed by atoms with van der Waals surface area (Å²) in [6.45, 7) is 5.87. The highest BCUT2D eigenvalue weighted by Gasteiger charge is 2.27. The second-order valence-corrected chi connectivity index (χ2v) is 7.48. The van der Waals surface area contributed by atoms with Crippen LogP contribution in [0.3, 0.4) is 0 Å². The first kappa shape index (κ1) is 19.4. The highest BCUT2D eigenvalue weighted by molar-refractivity contribution is 6.41. The Balaban J connectivity index is 1.49. The number of Topliss-reactive ketones (excluding diaryl/α,β-unsaturated/α-hetero) is 1. The van der Waals surface area contributed by atoms with E-state index in [4.69, 9.17) is 4.42 Å². The third-order valence-corrected chi connectivity index (χ3v) is 5.38. The fraction of sp³-hybridized carbons (Fsp3) is 0.455. The number of carbonyl (C=O) groups excluding carboxylic acids is 2. The predicted molar refractivity (Wildman–Crippen MR) is 105 cm³/mol. The van der Waals surface area contributed by atoms with Gasteiger partial charge in [-0.2, -0.15) is 0 Å². The van der Waals surface area contributed by atoms with E-state index in [0.29, 0.717) is 12.5 Å². The van der Waals surface area contributed by atoms with Gasteiger partial charge in [-0.15, -0.1) is 0 Å². The Morgan fingerprint density at radius 1 is 1.22 bits per heavy atom. The average molecular weight is 368 g/mol. The molecule has 1 aromatic carbocycles. The van der Waals surface area contributed by atoms with Crippen molar-refractivity contribution in [2.24, 2.45) is 5.92 Å². The highest BCUT2D eigenvalue weighted by atomic mass is 16.3. The van der Waals surface area contributed by atoms with Gasteiger partial charge in [0.05, 0.1) is 6.26 Å². The number of nitrogens with zero attached hydrogens (tertiary/aromatic N) is 2. The van der Waals surface area contributed by atoms with E-state index < -0.39 is 11.7 Å². The molecular weight excluding hydrogens is 340 g/mol. The van der Waals surface area contributed by atoms with Crippen molar-refractivity contribution in [1.29, 1.82) is 0 Å². The van der Waals surface area contributed by atoms with Crippen molar-refractivity contribution in [1.82, 2.24) is 9.80 Å². The topological polar surface area (TPSA) is 53.8 Å². The lowest BCUT2D eigenvalue weighted by molar-refractivity contribution is -0.126. The predicted octanol–water partition coefficient (Wildman–Crippen LogP) is 3.18. The van der Waals surface area contributed by atoms with Crippen LogP contribution in [-0.2, 0) is 11.2 Å². The van der Waals surface area contributed by atoms with E-state index in [1.54, 1.807) is 18.0 Å². The van der Waals surface area contributed by atoms with Crippen LogP contribution in [0.25, 0.3) is 0 Å². The van der Waals surface area contributed by atoms with Crippen LogP contribution in [0.4, 0.5) is 0 Å². The smallest absolute Gasteiger partial charge is 0.298 e. The van der Waals surface area contributed by atoms with Gasteiger partial charge in [-0.1, -0.05) is 24.3 Å². The fourth-order valence-electron chi connectivity index (χ4n) is 3.83. The SMILES string of the molecule is Cc1ccccc1CCN1CCC[C@@H](CN(C)C(=O)C(=O)c2ccco2)C1. The first-order chi connectivity index (χ1) is 13.0. The summed E-state index contributed by atoms with van der Waals surface area (Å²) in [6.07, 6.45) is 4.68. The van der Waals surface area contributed by atoms with Crippen LogP contribution >= 0.6 is 0 Å². The molecule has 1 fully saturated rings. The van der Waals surface area contributed by atoms with Gasteiger partial charge in [0, 0.05) is 26.7 Å². The highest BCUT2D eigenvalue weighted by Crippen LogP contribution is 2.19. The average Bonchev–Trinajstić information content (AvgIpc) is 3.21. The quantitative estimate of drug-likeness (QED) is 0.556. The maximum Gasteiger partial charge on any atom is 0.298 e. The first-order valence-electron chi connectivity index (χ1n) is 9.64. The molecule has 0 unspecified atom stereocenters. The Labute approximate surface area is 160 Å². The maximum absolute atomic E-state index is 12.3. The van der Waals surface area contributed by atoms with Crippen LogP contribution in [0.5, 0.6) is 0 Å². The molecule has 0 saturated carbocycles. The first-order valence-corrected chi connectivity index (χ1v) is 9.64. The Morgan fingerprint density at radius 2 is 2.04 bits per heavy atom. The Hall–Kier alpha value is -2.40. The molecule has 1 aromatic heterocycles. The summed E-state index contributed by atoms with van der Waals surface area (Å²) in [4.78, 5) is 28.5. The molecule has 0 aliphatic carbocycles. The van der Waals surface area contributed by atoms with E-state index in [1.807, 2.05) is 0 Å². The summed E-state index contributed by atoms with van der Waals surface area (Å²) in [5, 5.41) is 0. The molecule has 1 atom stereocenters. The molecule has 1 aliphatic rings. The molecule has 3 rings (SSSR count). The van der Waals surface area contributed by atoms with E-state index in [9.17, 15) is 9.59 Å². The fourth-order valence-corrected chi connectivity index (χ4v) is 3.83. The number of piperidine rings is 1. The Bertz CT molecular complexity index is 770. The molecule has 5 nitrogen and oxygen atoms in total. The number of aryl methyl sites for hydroxylation is 1. The third-order valence-electron chi connectivity index (χ3n) is 5.38. The number of hydrogen-bond acceptors (Lipinski definition) is 4. The number of carbonyl (C=O) groups is 2. The zero-order valence-electron chi connectivity index (χ0n) is 16.2. The monoisotopic (exact) mass is 368 g/mol. The Morgan fingerprint density at radius 3 is 2.78 bits per heavy atom. The summed E-state index contributed by atoms with van der Waals surface area (Å²) in [5.41, 5.74) is 2.74. The van der Waals surface area contributed by atoms with Crippen LogP contribution in [0, 0.1) is 12.8 Å². The van der Waals surface area contributed by atoms with E-state index in [2.05, 4.69) is 36.1 Å². The largest absolute Gasteiger partial charge is 0.461 e. The molecule has 144 valence electrons. The minimum atomic E-state index is -0.574. The molecule has 2 aromatic rings. The lowest BCUT2D eigenvalue weighted by atomic mass is 9.96. The van der Waals surface area contributed by atoms with Gasteiger partial charge in [-0.05, 0) is 61.9 Å². The number of benzene rings is 1. The molecule has 1 aliphatic heterocycles. The zero-order chi connectivity index (χ0) is 19.2. The number of amides is 1. The minimum Gasteiger partial charge on any atom is -0.461 e. The van der Waals surface area contributed by atoms with Gasteiger partial charge in [0.1, 0.15) is 0 Å². The van der Waals surface area contributed by atoms with Gasteiger partial charge in [-0.3, -0.25) is 9.59 Å². The number of rotatable bonds is 7. The van der Waals surface area contributed by atoms with E-state index in [-0.39, 0.29) is 5.76 Å². The van der Waals surface area contributed by atoms with E-state index in [1.165, 1.54) is 23.5 Å². The summed E-state index contributed by atoms with van der Waals surface area (Å²) in [7, 11) is 1.70. The number of likely N-dealkylation sites (N-methyl/N-ethyl adjacent to an activating group) is 1. The van der Waals surface area contributed by atoms with Crippen molar-refractivity contribution < 1.29 is 14.0 Å². The van der Waals surface area contributed by atoms with E-state index >= 15 is 0 Å². The van der Waals surface area contributed by atoms with E-state index in [0.717, 1.165) is 38.9 Å². The summed E-state index contributed by atoms with van der Waals surface area (Å²) < 4.78 is 5.05. The molecular formula is C22H28N2O3. The lowest BCUT2D eigenvalue weighted by Crippen LogP contribution is -2.43. The summed E-state index contributed by atoms with van der Waals surface area (Å²) in [6, 6.07) is 11.7. The summed E-state index contributed by atoms with van der Waals surface area (Å²) in [5.74, 6) is -0.568. The third kappa shape index (κ3) is 5.07. The van der Waals surface area contributed by atoms with Crippen molar-refractivity contribution in [2.45, 2.75) is 26.2 Å². The van der Waals surface area contributed by atoms with Gasteiger partial charge in [0.25, 0.3) is 11.7 Å². The second-order valence-electron chi connectivity index (χ2n) is 7.48. The van der Waals surface area contributed by atoms with Crippen molar-refractivity contribution in [3.63, 3.8) is 0 Å². The van der Waals surface area contributed by atoms with Crippen LogP contribution in [0.1, 0.15) is 34.5 Å². The number of likely N-dealkylation sites (tertiary alicyclic amines) is 1. The van der Waals surface area contributed by atoms with Gasteiger partial charge in [0.15, 0.2) is 5.76 Å². The minimum absolute atomic E-state index is 0.107. The molecule has 0 N–H and O–H groups in total. The molecule has 5 heteroatoms. The van der Waals surface area contributed by atoms with Crippen LogP contribution in [0.2, 0.25) is 0 Å². The molecule has 1 saturated heterocycles. The van der Waals surface area contributed by atoms with Gasteiger partial charge in [-0.25, -0.2) is 0 Å². The Kier molecular flexibility index (Phi) is 6.45. The van der Waals surface area contributed by atoms with Crippen LogP contribution < -0.4 is 0 Å². The zero-order valence-corrected chi connectivity index (χ0v) is 16.2. The van der Waals surface area contributed by atoms with Crippen LogP contribution in [0.15, 0.2) is 47.1 Å². The molecule has 0 spiro atoms. The van der Waals surface area contributed by atoms with Gasteiger partial charge in [0.2, 0.25) is 0 Å². The van der Waals surface area contributed by atoms with Crippen molar-refractivity contribution in [2.75, 3.05) is 33.2 Å². The summed E-state index contributed by atoms with van der Waals surface area (Å²) >= 11 is 0. The number of hydrogen-bond donors (Lipinski definition) is 0.